The number of likely N-dealkylation sites (N-methyl/N-ethyl adjacent to an activating group) is 1. The van der Waals surface area contributed by atoms with Crippen LogP contribution in [0.25, 0.3) is 0 Å². The molecule has 168 valence electrons. The van der Waals surface area contributed by atoms with E-state index < -0.39 is 6.43 Å². The van der Waals surface area contributed by atoms with Gasteiger partial charge in [0, 0.05) is 48.5 Å². The predicted molar refractivity (Wildman–Crippen MR) is 120 cm³/mol. The van der Waals surface area contributed by atoms with E-state index >= 15 is 0 Å². The number of alkyl halides is 2. The number of benzene rings is 1. The third kappa shape index (κ3) is 5.14. The maximum absolute atomic E-state index is 12.9. The number of piperazine rings is 1. The number of ether oxygens (including phenoxy) is 1. The smallest absolute Gasteiger partial charge is 0.291 e. The van der Waals surface area contributed by atoms with Crippen LogP contribution in [0.4, 0.5) is 25.3 Å². The third-order valence-electron chi connectivity index (χ3n) is 5.25. The average molecular weight is 470 g/mol. The Kier molecular flexibility index (Phi) is 6.72. The Morgan fingerprint density at radius 3 is 2.58 bits per heavy atom. The minimum Gasteiger partial charge on any atom is -0.377 e. The topological polar surface area (TPSA) is 89.4 Å². The second-order valence-electron chi connectivity index (χ2n) is 7.97. The Labute approximate surface area is 188 Å². The summed E-state index contributed by atoms with van der Waals surface area (Å²) in [4.78, 5) is 5.48. The van der Waals surface area contributed by atoms with E-state index in [2.05, 4.69) is 50.1 Å². The fourth-order valence-electron chi connectivity index (χ4n) is 3.37. The van der Waals surface area contributed by atoms with Gasteiger partial charge in [-0.15, -0.1) is 10.2 Å². The SMILES string of the molecule is CN1CCN(c2cc(SNC3(C)COC3)cc(Nc3nnc(C(F)F)s3)c2C=N)CC1. The van der Waals surface area contributed by atoms with E-state index in [1.807, 2.05) is 6.07 Å². The summed E-state index contributed by atoms with van der Waals surface area (Å²) in [7, 11) is 2.09. The zero-order chi connectivity index (χ0) is 22.0. The molecule has 0 atom stereocenters. The van der Waals surface area contributed by atoms with E-state index in [1.54, 1.807) is 0 Å². The molecule has 1 aromatic carbocycles. The minimum absolute atomic E-state index is 0.0854. The Hall–Kier alpha value is -1.86. The fourth-order valence-corrected chi connectivity index (χ4v) is 4.81. The highest BCUT2D eigenvalue weighted by Crippen LogP contribution is 2.36. The van der Waals surface area contributed by atoms with Crippen LogP contribution in [-0.2, 0) is 4.74 Å². The molecule has 0 radical (unpaired) electrons. The van der Waals surface area contributed by atoms with Crippen LogP contribution in [-0.4, -0.2) is 73.3 Å². The molecule has 2 saturated heterocycles. The van der Waals surface area contributed by atoms with Crippen LogP contribution in [0.1, 0.15) is 23.9 Å². The van der Waals surface area contributed by atoms with Gasteiger partial charge in [0.2, 0.25) is 5.13 Å². The molecule has 0 aliphatic carbocycles. The summed E-state index contributed by atoms with van der Waals surface area (Å²) in [6.45, 7) is 6.95. The maximum atomic E-state index is 12.9. The second-order valence-corrected chi connectivity index (χ2v) is 9.86. The summed E-state index contributed by atoms with van der Waals surface area (Å²) in [6.07, 6.45) is -1.36. The summed E-state index contributed by atoms with van der Waals surface area (Å²) >= 11 is 2.32. The first-order chi connectivity index (χ1) is 14.9. The van der Waals surface area contributed by atoms with Gasteiger partial charge in [-0.05, 0) is 38.1 Å². The van der Waals surface area contributed by atoms with Crippen LogP contribution < -0.4 is 14.9 Å². The normalized spacial score (nSPS) is 18.8. The van der Waals surface area contributed by atoms with Gasteiger partial charge >= 0.3 is 0 Å². The standard InChI is InChI=1S/C19H25F2N7OS2/c1-19(10-29-11-19)26-31-12-7-14(23-18-25-24-17(30-18)16(20)21)13(9-22)15(8-12)28-5-3-27(2)4-6-28/h7-9,16,22,26H,3-6,10-11H2,1-2H3,(H,23,25). The minimum atomic E-state index is -2.66. The number of hydrogen-bond acceptors (Lipinski definition) is 10. The van der Waals surface area contributed by atoms with Gasteiger partial charge < -0.3 is 25.3 Å². The van der Waals surface area contributed by atoms with E-state index in [9.17, 15) is 8.78 Å². The van der Waals surface area contributed by atoms with Gasteiger partial charge in [-0.2, -0.15) is 0 Å². The van der Waals surface area contributed by atoms with Crippen LogP contribution in [0.5, 0.6) is 0 Å². The van der Waals surface area contributed by atoms with Gasteiger partial charge in [0.1, 0.15) is 0 Å². The van der Waals surface area contributed by atoms with Gasteiger partial charge in [0.15, 0.2) is 5.01 Å². The molecule has 2 aliphatic heterocycles. The van der Waals surface area contributed by atoms with Crippen molar-refractivity contribution in [2.24, 2.45) is 0 Å². The lowest BCUT2D eigenvalue weighted by Gasteiger charge is -2.38. The first kappa shape index (κ1) is 22.3. The molecule has 8 nitrogen and oxygen atoms in total. The van der Waals surface area contributed by atoms with Crippen molar-refractivity contribution in [3.8, 4) is 0 Å². The van der Waals surface area contributed by atoms with Gasteiger partial charge in [-0.1, -0.05) is 11.3 Å². The number of hydrogen-bond donors (Lipinski definition) is 3. The van der Waals surface area contributed by atoms with Crippen molar-refractivity contribution >= 4 is 46.0 Å². The number of anilines is 3. The molecular formula is C19H25F2N7OS2. The molecule has 0 bridgehead atoms. The van der Waals surface area contributed by atoms with Crippen LogP contribution in [0.2, 0.25) is 0 Å². The van der Waals surface area contributed by atoms with Gasteiger partial charge in [0.25, 0.3) is 6.43 Å². The largest absolute Gasteiger partial charge is 0.377 e. The molecule has 3 heterocycles. The fraction of sp³-hybridized carbons (Fsp3) is 0.526. The molecule has 12 heteroatoms. The van der Waals surface area contributed by atoms with Crippen LogP contribution in [0.15, 0.2) is 17.0 Å². The molecule has 2 aromatic rings. The molecule has 1 aromatic heterocycles. The first-order valence-electron chi connectivity index (χ1n) is 9.89. The van der Waals surface area contributed by atoms with E-state index in [4.69, 9.17) is 10.1 Å². The summed E-state index contributed by atoms with van der Waals surface area (Å²) in [5.41, 5.74) is 2.19. The molecule has 0 saturated carbocycles. The molecule has 2 aliphatic rings. The second kappa shape index (κ2) is 9.33. The van der Waals surface area contributed by atoms with Crippen molar-refractivity contribution in [3.05, 3.63) is 22.7 Å². The summed E-state index contributed by atoms with van der Waals surface area (Å²) in [5.74, 6) is 0. The molecule has 0 amide bonds. The number of rotatable bonds is 8. The maximum Gasteiger partial charge on any atom is 0.291 e. The third-order valence-corrected chi connectivity index (χ3v) is 7.16. The molecule has 2 fully saturated rings. The zero-order valence-corrected chi connectivity index (χ0v) is 19.0. The van der Waals surface area contributed by atoms with E-state index in [1.165, 1.54) is 18.2 Å². The summed E-state index contributed by atoms with van der Waals surface area (Å²) < 4.78 is 34.6. The van der Waals surface area contributed by atoms with Crippen LogP contribution >= 0.6 is 23.3 Å². The number of nitrogens with zero attached hydrogens (tertiary/aromatic N) is 4. The quantitative estimate of drug-likeness (QED) is 0.401. The van der Waals surface area contributed by atoms with E-state index in [-0.39, 0.29) is 15.7 Å². The van der Waals surface area contributed by atoms with Crippen molar-refractivity contribution in [2.75, 3.05) is 56.7 Å². The summed E-state index contributed by atoms with van der Waals surface area (Å²) in [5, 5.41) is 18.5. The van der Waals surface area contributed by atoms with Crippen molar-refractivity contribution in [1.82, 2.24) is 19.8 Å². The van der Waals surface area contributed by atoms with Crippen LogP contribution in [0, 0.1) is 5.41 Å². The average Bonchev–Trinajstić information content (AvgIpc) is 3.20. The number of aromatic nitrogens is 2. The van der Waals surface area contributed by atoms with Crippen molar-refractivity contribution in [1.29, 1.82) is 5.41 Å². The van der Waals surface area contributed by atoms with Gasteiger partial charge in [0.05, 0.1) is 24.4 Å². The Morgan fingerprint density at radius 2 is 2.00 bits per heavy atom. The zero-order valence-electron chi connectivity index (χ0n) is 17.3. The van der Waals surface area contributed by atoms with E-state index in [0.717, 1.165) is 48.1 Å². The highest BCUT2D eigenvalue weighted by molar-refractivity contribution is 7.97. The highest BCUT2D eigenvalue weighted by Gasteiger charge is 2.33. The van der Waals surface area contributed by atoms with Gasteiger partial charge in [-0.3, -0.25) is 0 Å². The van der Waals surface area contributed by atoms with Crippen molar-refractivity contribution in [2.45, 2.75) is 23.8 Å². The molecule has 0 spiro atoms. The lowest BCUT2D eigenvalue weighted by atomic mass is 10.0. The molecule has 4 rings (SSSR count). The van der Waals surface area contributed by atoms with Crippen LogP contribution in [0.3, 0.4) is 0 Å². The molecule has 3 N–H and O–H groups in total. The van der Waals surface area contributed by atoms with Crippen molar-refractivity contribution < 1.29 is 13.5 Å². The highest BCUT2D eigenvalue weighted by atomic mass is 32.2. The Balaban J connectivity index is 1.65. The first-order valence-corrected chi connectivity index (χ1v) is 11.5. The monoisotopic (exact) mass is 469 g/mol. The Bertz CT molecular complexity index is 930. The molecule has 31 heavy (non-hydrogen) atoms. The predicted octanol–water partition coefficient (Wildman–Crippen LogP) is 3.35. The number of nitrogens with one attached hydrogen (secondary N) is 3. The Morgan fingerprint density at radius 1 is 1.26 bits per heavy atom. The van der Waals surface area contributed by atoms with Gasteiger partial charge in [-0.25, -0.2) is 13.5 Å². The summed E-state index contributed by atoms with van der Waals surface area (Å²) in [6, 6.07) is 3.98. The lowest BCUT2D eigenvalue weighted by Crippen LogP contribution is -2.55. The number of halogens is 2. The molecular weight excluding hydrogens is 444 g/mol. The van der Waals surface area contributed by atoms with E-state index in [0.29, 0.717) is 24.5 Å². The lowest BCUT2D eigenvalue weighted by molar-refractivity contribution is -0.0510. The van der Waals surface area contributed by atoms with Crippen molar-refractivity contribution in [3.63, 3.8) is 0 Å². The molecule has 0 unspecified atom stereocenters.